The third-order valence-electron chi connectivity index (χ3n) is 6.69. The number of halogens is 1. The maximum absolute atomic E-state index is 13.4. The molecule has 1 saturated heterocycles. The van der Waals surface area contributed by atoms with Crippen LogP contribution in [0.5, 0.6) is 5.75 Å². The van der Waals surface area contributed by atoms with Gasteiger partial charge in [0, 0.05) is 48.6 Å². The quantitative estimate of drug-likeness (QED) is 0.178. The molecular weight excluding hydrogens is 529 g/mol. The Morgan fingerprint density at radius 1 is 1.20 bits per heavy atom. The van der Waals surface area contributed by atoms with E-state index >= 15 is 0 Å². The summed E-state index contributed by atoms with van der Waals surface area (Å²) in [6.07, 6.45) is 3.18. The summed E-state index contributed by atoms with van der Waals surface area (Å²) in [6, 6.07) is 13.1. The Morgan fingerprint density at radius 2 is 2.12 bits per heavy atom. The van der Waals surface area contributed by atoms with Crippen molar-refractivity contribution in [2.24, 2.45) is 0 Å². The number of amides is 1. The summed E-state index contributed by atoms with van der Waals surface area (Å²) in [5, 5.41) is 17.1. The summed E-state index contributed by atoms with van der Waals surface area (Å²) < 4.78 is 31.2. The van der Waals surface area contributed by atoms with E-state index in [4.69, 9.17) is 14.2 Å². The number of hydrogen-bond donors (Lipinski definition) is 4. The van der Waals surface area contributed by atoms with E-state index in [1.165, 1.54) is 24.5 Å². The second-order valence-corrected chi connectivity index (χ2v) is 9.84. The first-order valence-electron chi connectivity index (χ1n) is 13.7. The molecule has 1 aliphatic rings. The van der Waals surface area contributed by atoms with Crippen LogP contribution in [-0.4, -0.2) is 71.2 Å². The van der Waals surface area contributed by atoms with Crippen LogP contribution in [0.1, 0.15) is 25.5 Å². The molecule has 0 aliphatic carbocycles. The fraction of sp³-hybridized carbons (Fsp3) is 0.379. The van der Waals surface area contributed by atoms with Crippen LogP contribution >= 0.6 is 0 Å². The minimum Gasteiger partial charge on any atom is -0.494 e. The van der Waals surface area contributed by atoms with Gasteiger partial charge in [0.05, 0.1) is 31.8 Å². The Hall–Kier alpha value is -4.13. The third-order valence-corrected chi connectivity index (χ3v) is 6.69. The molecule has 2 aromatic heterocycles. The highest BCUT2D eigenvalue weighted by atomic mass is 19.1. The van der Waals surface area contributed by atoms with E-state index in [0.717, 1.165) is 42.6 Å². The van der Waals surface area contributed by atoms with Gasteiger partial charge in [-0.25, -0.2) is 14.4 Å². The number of morpholine rings is 1. The maximum Gasteiger partial charge on any atom is 0.230 e. The first-order valence-corrected chi connectivity index (χ1v) is 13.7. The zero-order chi connectivity index (χ0) is 28.5. The summed E-state index contributed by atoms with van der Waals surface area (Å²) in [7, 11) is 0. The van der Waals surface area contributed by atoms with Gasteiger partial charge >= 0.3 is 0 Å². The normalized spacial score (nSPS) is 16.9. The molecule has 3 heterocycles. The molecule has 216 valence electrons. The molecule has 1 atom stereocenters. The minimum atomic E-state index is -0.416. The van der Waals surface area contributed by atoms with E-state index < -0.39 is 5.82 Å². The van der Waals surface area contributed by atoms with Gasteiger partial charge in [-0.1, -0.05) is 6.07 Å². The smallest absolute Gasteiger partial charge is 0.230 e. The van der Waals surface area contributed by atoms with Crippen LogP contribution in [0, 0.1) is 5.82 Å². The number of H-pyrrole nitrogens is 1. The zero-order valence-corrected chi connectivity index (χ0v) is 22.9. The van der Waals surface area contributed by atoms with Gasteiger partial charge in [0.15, 0.2) is 5.82 Å². The number of nitrogens with zero attached hydrogens (tertiary/aromatic N) is 3. The number of carbonyl (C=O) groups is 1. The second kappa shape index (κ2) is 13.5. The van der Waals surface area contributed by atoms with Crippen LogP contribution in [-0.2, 0) is 20.7 Å². The highest BCUT2D eigenvalue weighted by Crippen LogP contribution is 2.27. The number of aromatic amines is 1. The number of ether oxygens (including phenoxy) is 3. The van der Waals surface area contributed by atoms with Crippen molar-refractivity contribution in [3.05, 3.63) is 66.4 Å². The van der Waals surface area contributed by atoms with Gasteiger partial charge in [-0.3, -0.25) is 9.89 Å². The zero-order valence-electron chi connectivity index (χ0n) is 22.9. The van der Waals surface area contributed by atoms with Crippen molar-refractivity contribution in [1.29, 1.82) is 0 Å². The summed E-state index contributed by atoms with van der Waals surface area (Å²) in [6.45, 7) is 6.07. The van der Waals surface area contributed by atoms with Gasteiger partial charge in [0.2, 0.25) is 5.91 Å². The van der Waals surface area contributed by atoms with Crippen molar-refractivity contribution in [2.45, 2.75) is 31.8 Å². The molecule has 4 aromatic rings. The van der Waals surface area contributed by atoms with Crippen molar-refractivity contribution in [1.82, 2.24) is 25.5 Å². The van der Waals surface area contributed by atoms with Gasteiger partial charge in [-0.05, 0) is 50.1 Å². The molecule has 11 nitrogen and oxygen atoms in total. The molecule has 4 N–H and O–H groups in total. The SMILES string of the molecule is CCOCC1(CCCOc2ccc3c(Nc4cc(CC(=O)Nc5cccc(F)c5)[nH]n4)ncnc3c2)CNCCO1. The van der Waals surface area contributed by atoms with E-state index in [-0.39, 0.29) is 17.9 Å². The van der Waals surface area contributed by atoms with Crippen molar-refractivity contribution in [2.75, 3.05) is 50.2 Å². The molecule has 1 aliphatic heterocycles. The largest absolute Gasteiger partial charge is 0.494 e. The minimum absolute atomic E-state index is 0.0474. The summed E-state index contributed by atoms with van der Waals surface area (Å²) in [5.74, 6) is 1.08. The Balaban J connectivity index is 1.15. The first-order chi connectivity index (χ1) is 20.0. The maximum atomic E-state index is 13.4. The molecule has 1 fully saturated rings. The third kappa shape index (κ3) is 7.75. The Bertz CT molecular complexity index is 1460. The van der Waals surface area contributed by atoms with Crippen molar-refractivity contribution < 1.29 is 23.4 Å². The van der Waals surface area contributed by atoms with Crippen molar-refractivity contribution >= 4 is 34.1 Å². The predicted octanol–water partition coefficient (Wildman–Crippen LogP) is 3.97. The lowest BCUT2D eigenvalue weighted by molar-refractivity contribution is -0.117. The number of aromatic nitrogens is 4. The molecule has 0 spiro atoms. The molecule has 1 unspecified atom stereocenters. The standard InChI is InChI=1S/C29H34FN7O4/c1-2-39-18-29(17-31-10-12-41-29)9-4-11-40-23-7-8-24-25(16-23)32-19-33-28(24)35-26-14-22(36-37-26)15-27(38)34-21-6-3-5-20(30)13-21/h3,5-8,13-14,16,19,31H,2,4,9-12,15,17-18H2,1H3,(H,34,38)(H2,32,33,35,36,37). The van der Waals surface area contributed by atoms with Gasteiger partial charge in [0.25, 0.3) is 0 Å². The number of nitrogens with one attached hydrogen (secondary N) is 4. The van der Waals surface area contributed by atoms with E-state index in [1.807, 2.05) is 25.1 Å². The average Bonchev–Trinajstić information content (AvgIpc) is 3.41. The van der Waals surface area contributed by atoms with Gasteiger partial charge < -0.3 is 30.2 Å². The molecule has 0 saturated carbocycles. The monoisotopic (exact) mass is 563 g/mol. The van der Waals surface area contributed by atoms with Crippen LogP contribution in [0.2, 0.25) is 0 Å². The topological polar surface area (TPSA) is 135 Å². The highest BCUT2D eigenvalue weighted by molar-refractivity contribution is 5.93. The number of hydrogen-bond acceptors (Lipinski definition) is 9. The van der Waals surface area contributed by atoms with E-state index in [2.05, 4.69) is 36.1 Å². The molecule has 12 heteroatoms. The van der Waals surface area contributed by atoms with Gasteiger partial charge in [0.1, 0.15) is 29.3 Å². The molecule has 5 rings (SSSR count). The fourth-order valence-corrected chi connectivity index (χ4v) is 4.71. The highest BCUT2D eigenvalue weighted by Gasteiger charge is 2.33. The van der Waals surface area contributed by atoms with Crippen LogP contribution in [0.15, 0.2) is 54.9 Å². The number of rotatable bonds is 13. The van der Waals surface area contributed by atoms with Crippen LogP contribution in [0.3, 0.4) is 0 Å². The molecule has 0 radical (unpaired) electrons. The van der Waals surface area contributed by atoms with E-state index in [0.29, 0.717) is 49.4 Å². The lowest BCUT2D eigenvalue weighted by Crippen LogP contribution is -2.52. The Labute approximate surface area is 237 Å². The van der Waals surface area contributed by atoms with Gasteiger partial charge in [-0.15, -0.1) is 0 Å². The summed E-state index contributed by atoms with van der Waals surface area (Å²) in [5.41, 5.74) is 1.39. The Morgan fingerprint density at radius 3 is 2.95 bits per heavy atom. The van der Waals surface area contributed by atoms with Crippen molar-refractivity contribution in [3.63, 3.8) is 0 Å². The van der Waals surface area contributed by atoms with Crippen LogP contribution in [0.25, 0.3) is 10.9 Å². The lowest BCUT2D eigenvalue weighted by Gasteiger charge is -2.37. The molecule has 0 bridgehead atoms. The molecular formula is C29H34FN7O4. The van der Waals surface area contributed by atoms with E-state index in [9.17, 15) is 9.18 Å². The summed E-state index contributed by atoms with van der Waals surface area (Å²) >= 11 is 0. The number of benzene rings is 2. The average molecular weight is 564 g/mol. The summed E-state index contributed by atoms with van der Waals surface area (Å²) in [4.78, 5) is 21.1. The molecule has 1 amide bonds. The van der Waals surface area contributed by atoms with Gasteiger partial charge in [-0.2, -0.15) is 5.10 Å². The van der Waals surface area contributed by atoms with Crippen LogP contribution < -0.4 is 20.7 Å². The first kappa shape index (κ1) is 28.4. The van der Waals surface area contributed by atoms with Crippen molar-refractivity contribution in [3.8, 4) is 5.75 Å². The van der Waals surface area contributed by atoms with Crippen LogP contribution in [0.4, 0.5) is 21.7 Å². The number of carbonyl (C=O) groups excluding carboxylic acids is 1. The number of fused-ring (bicyclic) bond motifs is 1. The Kier molecular flexibility index (Phi) is 9.34. The van der Waals surface area contributed by atoms with E-state index in [1.54, 1.807) is 12.1 Å². The predicted molar refractivity (Wildman–Crippen MR) is 153 cm³/mol. The second-order valence-electron chi connectivity index (χ2n) is 9.84. The molecule has 2 aromatic carbocycles. The number of anilines is 3. The fourth-order valence-electron chi connectivity index (χ4n) is 4.71. The lowest BCUT2D eigenvalue weighted by atomic mass is 9.97. The molecule has 41 heavy (non-hydrogen) atoms.